The van der Waals surface area contributed by atoms with E-state index in [2.05, 4.69) is 32.4 Å². The molecule has 0 fully saturated rings. The van der Waals surface area contributed by atoms with Crippen LogP contribution in [0.5, 0.6) is 0 Å². The van der Waals surface area contributed by atoms with Gasteiger partial charge in [0, 0.05) is 29.9 Å². The van der Waals surface area contributed by atoms with Crippen molar-refractivity contribution in [2.45, 2.75) is 6.42 Å². The van der Waals surface area contributed by atoms with Gasteiger partial charge in [0.15, 0.2) is 0 Å². The minimum Gasteiger partial charge on any atom is -0.341 e. The highest BCUT2D eigenvalue weighted by atomic mass is 15.0. The van der Waals surface area contributed by atoms with Crippen LogP contribution < -0.4 is 5.32 Å². The Bertz CT molecular complexity index is 990. The second kappa shape index (κ2) is 5.56. The molecule has 4 aromatic rings. The van der Waals surface area contributed by atoms with Crippen LogP contribution in [-0.2, 0) is 6.42 Å². The molecule has 5 heteroatoms. The molecule has 0 amide bonds. The third-order valence-corrected chi connectivity index (χ3v) is 4.37. The van der Waals surface area contributed by atoms with Crippen LogP contribution in [0.25, 0.3) is 22.5 Å². The van der Waals surface area contributed by atoms with E-state index in [0.29, 0.717) is 0 Å². The Morgan fingerprint density at radius 3 is 2.72 bits per heavy atom. The molecule has 1 aliphatic heterocycles. The van der Waals surface area contributed by atoms with E-state index in [0.717, 1.165) is 46.3 Å². The van der Waals surface area contributed by atoms with Gasteiger partial charge in [0.25, 0.3) is 0 Å². The lowest BCUT2D eigenvalue weighted by Crippen LogP contribution is -1.96. The summed E-state index contributed by atoms with van der Waals surface area (Å²) in [5.74, 6) is 1.74. The van der Waals surface area contributed by atoms with Crippen LogP contribution in [0.2, 0.25) is 0 Å². The average molecular weight is 325 g/mol. The van der Waals surface area contributed by atoms with Gasteiger partial charge < -0.3 is 10.3 Å². The van der Waals surface area contributed by atoms with Gasteiger partial charge in [-0.3, -0.25) is 4.98 Å². The average Bonchev–Trinajstić information content (AvgIpc) is 3.01. The molecule has 5 nitrogen and oxygen atoms in total. The summed E-state index contributed by atoms with van der Waals surface area (Å²) in [6.45, 7) is 0. The molecule has 4 heterocycles. The van der Waals surface area contributed by atoms with Crippen LogP contribution in [0.3, 0.4) is 0 Å². The standard InChI is InChI=1S/C20H15N5/c1-2-5-13(6-3-1)11-17-24-18-14-8-10-21-12-16(14)23-20-15(19(18)25-17)7-4-9-22-20/h1-10,12H,11H2,(H,22,23)(H,24,25). The van der Waals surface area contributed by atoms with Crippen molar-refractivity contribution in [2.75, 3.05) is 5.32 Å². The Morgan fingerprint density at radius 2 is 1.80 bits per heavy atom. The summed E-state index contributed by atoms with van der Waals surface area (Å²) < 4.78 is 0. The smallest absolute Gasteiger partial charge is 0.139 e. The predicted molar refractivity (Wildman–Crippen MR) is 97.6 cm³/mol. The summed E-state index contributed by atoms with van der Waals surface area (Å²) in [6, 6.07) is 16.3. The molecule has 0 spiro atoms. The molecule has 1 aliphatic rings. The molecule has 0 atom stereocenters. The molecule has 25 heavy (non-hydrogen) atoms. The van der Waals surface area contributed by atoms with Gasteiger partial charge in [-0.25, -0.2) is 9.97 Å². The number of H-pyrrole nitrogens is 1. The van der Waals surface area contributed by atoms with E-state index in [1.54, 1.807) is 12.4 Å². The zero-order valence-corrected chi connectivity index (χ0v) is 13.4. The first-order valence-electron chi connectivity index (χ1n) is 8.18. The number of nitrogens with zero attached hydrogens (tertiary/aromatic N) is 3. The molecule has 0 saturated carbocycles. The van der Waals surface area contributed by atoms with Gasteiger partial charge in [0.1, 0.15) is 17.3 Å². The number of anilines is 2. The SMILES string of the molecule is c1ccc(Cc2nc3c([nH]2)-c2ccncc2Nc2ncccc2-3)cc1. The zero-order valence-electron chi connectivity index (χ0n) is 13.4. The van der Waals surface area contributed by atoms with Crippen LogP contribution >= 0.6 is 0 Å². The lowest BCUT2D eigenvalue weighted by atomic mass is 10.1. The summed E-state index contributed by atoms with van der Waals surface area (Å²) in [6.07, 6.45) is 6.16. The second-order valence-corrected chi connectivity index (χ2v) is 6.02. The van der Waals surface area contributed by atoms with Gasteiger partial charge in [-0.05, 0) is 23.8 Å². The number of hydrogen-bond donors (Lipinski definition) is 2. The number of aromatic amines is 1. The lowest BCUT2D eigenvalue weighted by molar-refractivity contribution is 1.03. The molecule has 0 bridgehead atoms. The maximum Gasteiger partial charge on any atom is 0.139 e. The zero-order chi connectivity index (χ0) is 16.6. The first kappa shape index (κ1) is 13.9. The maximum atomic E-state index is 4.89. The lowest BCUT2D eigenvalue weighted by Gasteiger charge is -2.07. The molecule has 5 rings (SSSR count). The number of aromatic nitrogens is 4. The Kier molecular flexibility index (Phi) is 3.10. The summed E-state index contributed by atoms with van der Waals surface area (Å²) in [4.78, 5) is 17.1. The maximum absolute atomic E-state index is 4.89. The first-order chi connectivity index (χ1) is 12.4. The highest BCUT2D eigenvalue weighted by Crippen LogP contribution is 2.41. The molecular formula is C20H15N5. The topological polar surface area (TPSA) is 66.5 Å². The fourth-order valence-electron chi connectivity index (χ4n) is 3.22. The molecule has 2 N–H and O–H groups in total. The Hall–Kier alpha value is -3.47. The fraction of sp³-hybridized carbons (Fsp3) is 0.0500. The summed E-state index contributed by atoms with van der Waals surface area (Å²) in [5, 5.41) is 3.37. The number of fused-ring (bicyclic) bond motifs is 5. The Balaban J connectivity index is 1.69. The third kappa shape index (κ3) is 2.37. The molecule has 0 aliphatic carbocycles. The van der Waals surface area contributed by atoms with Gasteiger partial charge in [-0.15, -0.1) is 0 Å². The Labute approximate surface area is 144 Å². The molecule has 1 aromatic carbocycles. The minimum absolute atomic E-state index is 0.761. The number of pyridine rings is 2. The second-order valence-electron chi connectivity index (χ2n) is 6.02. The van der Waals surface area contributed by atoms with Crippen molar-refractivity contribution in [1.29, 1.82) is 0 Å². The predicted octanol–water partition coefficient (Wildman–Crippen LogP) is 4.18. The number of imidazole rings is 1. The number of nitrogens with one attached hydrogen (secondary N) is 2. The van der Waals surface area contributed by atoms with E-state index < -0.39 is 0 Å². The minimum atomic E-state index is 0.761. The van der Waals surface area contributed by atoms with E-state index in [9.17, 15) is 0 Å². The van der Waals surface area contributed by atoms with E-state index in [1.165, 1.54) is 5.56 Å². The van der Waals surface area contributed by atoms with Crippen molar-refractivity contribution in [2.24, 2.45) is 0 Å². The van der Waals surface area contributed by atoms with Gasteiger partial charge >= 0.3 is 0 Å². The molecule has 0 unspecified atom stereocenters. The third-order valence-electron chi connectivity index (χ3n) is 4.37. The van der Waals surface area contributed by atoms with E-state index >= 15 is 0 Å². The molecule has 120 valence electrons. The van der Waals surface area contributed by atoms with Crippen molar-refractivity contribution in [3.63, 3.8) is 0 Å². The summed E-state index contributed by atoms with van der Waals surface area (Å²) in [5.41, 5.74) is 6.12. The normalized spacial score (nSPS) is 11.7. The van der Waals surface area contributed by atoms with E-state index in [4.69, 9.17) is 4.98 Å². The van der Waals surface area contributed by atoms with Crippen LogP contribution in [0.1, 0.15) is 11.4 Å². The van der Waals surface area contributed by atoms with Crippen molar-refractivity contribution in [3.8, 4) is 22.5 Å². The van der Waals surface area contributed by atoms with E-state index in [1.807, 2.05) is 42.6 Å². The monoisotopic (exact) mass is 325 g/mol. The highest BCUT2D eigenvalue weighted by molar-refractivity contribution is 5.94. The highest BCUT2D eigenvalue weighted by Gasteiger charge is 2.23. The van der Waals surface area contributed by atoms with Crippen molar-refractivity contribution in [3.05, 3.63) is 78.5 Å². The van der Waals surface area contributed by atoms with Gasteiger partial charge in [-0.2, -0.15) is 0 Å². The summed E-state index contributed by atoms with van der Waals surface area (Å²) in [7, 11) is 0. The summed E-state index contributed by atoms with van der Waals surface area (Å²) >= 11 is 0. The largest absolute Gasteiger partial charge is 0.341 e. The first-order valence-corrected chi connectivity index (χ1v) is 8.18. The number of rotatable bonds is 2. The number of benzene rings is 1. The van der Waals surface area contributed by atoms with Crippen molar-refractivity contribution >= 4 is 11.5 Å². The van der Waals surface area contributed by atoms with Crippen molar-refractivity contribution < 1.29 is 0 Å². The fourth-order valence-corrected chi connectivity index (χ4v) is 3.22. The van der Waals surface area contributed by atoms with Gasteiger partial charge in [0.05, 0.1) is 17.6 Å². The Morgan fingerprint density at radius 1 is 0.880 bits per heavy atom. The molecular weight excluding hydrogens is 310 g/mol. The van der Waals surface area contributed by atoms with Crippen molar-refractivity contribution in [1.82, 2.24) is 19.9 Å². The van der Waals surface area contributed by atoms with E-state index in [-0.39, 0.29) is 0 Å². The van der Waals surface area contributed by atoms with Crippen LogP contribution in [0.4, 0.5) is 11.5 Å². The van der Waals surface area contributed by atoms with Gasteiger partial charge in [0.2, 0.25) is 0 Å². The van der Waals surface area contributed by atoms with Crippen LogP contribution in [0, 0.1) is 0 Å². The number of hydrogen-bond acceptors (Lipinski definition) is 4. The quantitative estimate of drug-likeness (QED) is 0.511. The van der Waals surface area contributed by atoms with Gasteiger partial charge in [-0.1, -0.05) is 30.3 Å². The van der Waals surface area contributed by atoms with Crippen LogP contribution in [0.15, 0.2) is 67.1 Å². The molecule has 3 aromatic heterocycles. The molecule has 0 saturated heterocycles. The molecule has 0 radical (unpaired) electrons. The van der Waals surface area contributed by atoms with Crippen LogP contribution in [-0.4, -0.2) is 19.9 Å².